The summed E-state index contributed by atoms with van der Waals surface area (Å²) in [5, 5.41) is 7.51. The summed E-state index contributed by atoms with van der Waals surface area (Å²) in [7, 11) is 0. The molecule has 0 spiro atoms. The molecule has 51 heavy (non-hydrogen) atoms. The SMILES string of the molecule is c1ccc(-c2ccc(-n3c4ccccc4c4c5c(c6ccccc6n5-c5ccccc5)c5c(c6ccccc6n5-c5ccccc5)c43)cc2)cc1. The molecule has 0 unspecified atom stereocenters. The third-order valence-corrected chi connectivity index (χ3v) is 10.6. The Kier molecular flexibility index (Phi) is 5.96. The molecule has 0 radical (unpaired) electrons. The van der Waals surface area contributed by atoms with Crippen LogP contribution in [0.15, 0.2) is 188 Å². The summed E-state index contributed by atoms with van der Waals surface area (Å²) < 4.78 is 7.50. The maximum Gasteiger partial charge on any atom is 0.0663 e. The van der Waals surface area contributed by atoms with Crippen molar-refractivity contribution in [2.45, 2.75) is 0 Å². The highest BCUT2D eigenvalue weighted by molar-refractivity contribution is 6.40. The van der Waals surface area contributed by atoms with E-state index in [0.29, 0.717) is 0 Å². The van der Waals surface area contributed by atoms with Crippen LogP contribution in [0.5, 0.6) is 0 Å². The Hall–Kier alpha value is -6.84. The molecule has 11 rings (SSSR count). The molecular formula is C48H31N3. The van der Waals surface area contributed by atoms with Gasteiger partial charge in [0.2, 0.25) is 0 Å². The maximum absolute atomic E-state index is 2.51. The van der Waals surface area contributed by atoms with E-state index >= 15 is 0 Å². The van der Waals surface area contributed by atoms with Crippen LogP contribution in [0.4, 0.5) is 0 Å². The van der Waals surface area contributed by atoms with Gasteiger partial charge in [-0.1, -0.05) is 133 Å². The summed E-state index contributed by atoms with van der Waals surface area (Å²) in [6, 6.07) is 68.2. The molecule has 0 aliphatic carbocycles. The molecule has 0 bridgehead atoms. The molecule has 0 fully saturated rings. The highest BCUT2D eigenvalue weighted by atomic mass is 15.0. The highest BCUT2D eigenvalue weighted by Crippen LogP contribution is 2.50. The highest BCUT2D eigenvalue weighted by Gasteiger charge is 2.28. The summed E-state index contributed by atoms with van der Waals surface area (Å²) >= 11 is 0. The van der Waals surface area contributed by atoms with Crippen LogP contribution in [0, 0.1) is 0 Å². The lowest BCUT2D eigenvalue weighted by Crippen LogP contribution is -1.98. The van der Waals surface area contributed by atoms with Crippen LogP contribution in [-0.4, -0.2) is 13.7 Å². The molecule has 0 aliphatic heterocycles. The minimum Gasteiger partial charge on any atom is -0.308 e. The van der Waals surface area contributed by atoms with Crippen molar-refractivity contribution in [2.24, 2.45) is 0 Å². The van der Waals surface area contributed by atoms with Crippen molar-refractivity contribution >= 4 is 65.4 Å². The number of fused-ring (bicyclic) bond motifs is 12. The summed E-state index contributed by atoms with van der Waals surface area (Å²) in [6.45, 7) is 0. The van der Waals surface area contributed by atoms with Gasteiger partial charge in [0.15, 0.2) is 0 Å². The Morgan fingerprint density at radius 1 is 0.235 bits per heavy atom. The summed E-state index contributed by atoms with van der Waals surface area (Å²) in [4.78, 5) is 0. The fourth-order valence-electron chi connectivity index (χ4n) is 8.54. The molecule has 8 aromatic carbocycles. The first-order valence-electron chi connectivity index (χ1n) is 17.5. The van der Waals surface area contributed by atoms with E-state index in [9.17, 15) is 0 Å². The van der Waals surface area contributed by atoms with Crippen molar-refractivity contribution in [3.63, 3.8) is 0 Å². The van der Waals surface area contributed by atoms with Gasteiger partial charge in [-0.25, -0.2) is 0 Å². The number of rotatable bonds is 4. The number of hydrogen-bond donors (Lipinski definition) is 0. The van der Waals surface area contributed by atoms with Gasteiger partial charge < -0.3 is 13.7 Å². The van der Waals surface area contributed by atoms with Gasteiger partial charge in [-0.15, -0.1) is 0 Å². The standard InChI is InChI=1S/C48H31N3/c1-4-16-32(17-5-1)33-28-30-36(31-29-33)51-42-27-15-12-24-39(42)45-47-43(37-22-10-13-25-40(37)49(47)34-18-6-2-7-19-34)46-44(48(45)51)38-23-11-14-26-41(38)50(46)35-20-8-3-9-21-35/h1-31H. The molecule has 11 aromatic rings. The molecular weight excluding hydrogens is 619 g/mol. The largest absolute Gasteiger partial charge is 0.308 e. The van der Waals surface area contributed by atoms with Crippen molar-refractivity contribution in [1.29, 1.82) is 0 Å². The Balaban J connectivity index is 1.43. The average Bonchev–Trinajstić information content (AvgIpc) is 3.85. The second kappa shape index (κ2) is 10.8. The smallest absolute Gasteiger partial charge is 0.0663 e. The zero-order valence-corrected chi connectivity index (χ0v) is 27.7. The van der Waals surface area contributed by atoms with Crippen LogP contribution < -0.4 is 0 Å². The predicted molar refractivity (Wildman–Crippen MR) is 215 cm³/mol. The van der Waals surface area contributed by atoms with Crippen LogP contribution in [0.25, 0.3) is 93.6 Å². The van der Waals surface area contributed by atoms with Gasteiger partial charge in [-0.3, -0.25) is 0 Å². The third kappa shape index (κ3) is 3.94. The molecule has 0 saturated heterocycles. The lowest BCUT2D eigenvalue weighted by atomic mass is 10.0. The van der Waals surface area contributed by atoms with Crippen LogP contribution in [0.2, 0.25) is 0 Å². The van der Waals surface area contributed by atoms with E-state index in [2.05, 4.69) is 202 Å². The van der Waals surface area contributed by atoms with E-state index in [4.69, 9.17) is 0 Å². The van der Waals surface area contributed by atoms with Gasteiger partial charge in [-0.05, 0) is 65.7 Å². The number of para-hydroxylation sites is 5. The van der Waals surface area contributed by atoms with Gasteiger partial charge in [0.25, 0.3) is 0 Å². The summed E-state index contributed by atoms with van der Waals surface area (Å²) in [5.41, 5.74) is 13.1. The van der Waals surface area contributed by atoms with Gasteiger partial charge in [0.1, 0.15) is 0 Å². The number of aromatic nitrogens is 3. The molecule has 3 nitrogen and oxygen atoms in total. The number of nitrogens with zero attached hydrogens (tertiary/aromatic N) is 3. The topological polar surface area (TPSA) is 14.8 Å². The molecule has 0 atom stereocenters. The van der Waals surface area contributed by atoms with Gasteiger partial charge in [-0.2, -0.15) is 0 Å². The van der Waals surface area contributed by atoms with E-state index in [1.165, 1.54) is 76.5 Å². The van der Waals surface area contributed by atoms with E-state index in [1.807, 2.05) is 0 Å². The molecule has 0 N–H and O–H groups in total. The monoisotopic (exact) mass is 649 g/mol. The zero-order chi connectivity index (χ0) is 33.5. The van der Waals surface area contributed by atoms with Gasteiger partial charge in [0.05, 0.1) is 33.1 Å². The first kappa shape index (κ1) is 28.0. The van der Waals surface area contributed by atoms with Crippen LogP contribution in [0.1, 0.15) is 0 Å². The van der Waals surface area contributed by atoms with Crippen LogP contribution in [0.3, 0.4) is 0 Å². The lowest BCUT2D eigenvalue weighted by molar-refractivity contribution is 1.17. The minimum absolute atomic E-state index is 1.14. The minimum atomic E-state index is 1.14. The quantitative estimate of drug-likeness (QED) is 0.180. The Labute approximate surface area is 294 Å². The molecule has 0 amide bonds. The second-order valence-corrected chi connectivity index (χ2v) is 13.3. The summed E-state index contributed by atoms with van der Waals surface area (Å²) in [5.74, 6) is 0. The molecule has 3 heterocycles. The fourth-order valence-corrected chi connectivity index (χ4v) is 8.54. The van der Waals surface area contributed by atoms with E-state index < -0.39 is 0 Å². The second-order valence-electron chi connectivity index (χ2n) is 13.3. The first-order chi connectivity index (χ1) is 25.4. The van der Waals surface area contributed by atoms with E-state index in [0.717, 1.165) is 17.1 Å². The molecule has 238 valence electrons. The van der Waals surface area contributed by atoms with Crippen LogP contribution >= 0.6 is 0 Å². The Morgan fingerprint density at radius 2 is 0.529 bits per heavy atom. The molecule has 0 saturated carbocycles. The summed E-state index contributed by atoms with van der Waals surface area (Å²) in [6.07, 6.45) is 0. The Morgan fingerprint density at radius 3 is 0.922 bits per heavy atom. The van der Waals surface area contributed by atoms with E-state index in [-0.39, 0.29) is 0 Å². The van der Waals surface area contributed by atoms with Crippen LogP contribution in [-0.2, 0) is 0 Å². The number of benzene rings is 8. The van der Waals surface area contributed by atoms with Crippen molar-refractivity contribution in [2.75, 3.05) is 0 Å². The van der Waals surface area contributed by atoms with E-state index in [1.54, 1.807) is 0 Å². The van der Waals surface area contributed by atoms with Crippen molar-refractivity contribution in [1.82, 2.24) is 13.7 Å². The molecule has 3 heteroatoms. The lowest BCUT2D eigenvalue weighted by Gasteiger charge is -2.14. The number of hydrogen-bond acceptors (Lipinski definition) is 0. The first-order valence-corrected chi connectivity index (χ1v) is 17.5. The predicted octanol–water partition coefficient (Wildman–Crippen LogP) is 12.6. The van der Waals surface area contributed by atoms with Gasteiger partial charge in [0, 0.05) is 49.4 Å². The molecule has 0 aliphatic rings. The third-order valence-electron chi connectivity index (χ3n) is 10.6. The normalized spacial score (nSPS) is 11.9. The Bertz CT molecular complexity index is 3020. The van der Waals surface area contributed by atoms with Gasteiger partial charge >= 0.3 is 0 Å². The average molecular weight is 650 g/mol. The van der Waals surface area contributed by atoms with Crippen molar-refractivity contribution in [3.05, 3.63) is 188 Å². The molecule has 3 aromatic heterocycles. The maximum atomic E-state index is 2.51. The van der Waals surface area contributed by atoms with Crippen molar-refractivity contribution < 1.29 is 0 Å². The van der Waals surface area contributed by atoms with Crippen molar-refractivity contribution in [3.8, 4) is 28.2 Å². The fraction of sp³-hybridized carbons (Fsp3) is 0. The zero-order valence-electron chi connectivity index (χ0n) is 27.7.